The standard InChI is InChI=1S/C9H10F3NO2/c1-2-13(6-9(10,11)12)8(14)7-4-3-5-15-7/h3-5H,2,6H2,1H3. The molecule has 1 aromatic rings. The largest absolute Gasteiger partial charge is 0.459 e. The highest BCUT2D eigenvalue weighted by molar-refractivity contribution is 5.91. The van der Waals surface area contributed by atoms with Gasteiger partial charge in [0.25, 0.3) is 5.91 Å². The van der Waals surface area contributed by atoms with Gasteiger partial charge in [-0.05, 0) is 19.1 Å². The Kier molecular flexibility index (Phi) is 3.39. The highest BCUT2D eigenvalue weighted by Gasteiger charge is 2.33. The topological polar surface area (TPSA) is 33.5 Å². The van der Waals surface area contributed by atoms with Crippen LogP contribution in [0.2, 0.25) is 0 Å². The Balaban J connectivity index is 2.72. The molecule has 0 aliphatic carbocycles. The molecular formula is C9H10F3NO2. The molecule has 0 bridgehead atoms. The molecule has 0 atom stereocenters. The van der Waals surface area contributed by atoms with Gasteiger partial charge in [-0.2, -0.15) is 13.2 Å². The molecule has 6 heteroatoms. The van der Waals surface area contributed by atoms with Crippen molar-refractivity contribution in [1.29, 1.82) is 0 Å². The average Bonchev–Trinajstić information content (AvgIpc) is 2.64. The van der Waals surface area contributed by atoms with Crippen LogP contribution in [-0.4, -0.2) is 30.1 Å². The molecule has 0 spiro atoms. The van der Waals surface area contributed by atoms with Crippen molar-refractivity contribution in [1.82, 2.24) is 4.90 Å². The summed E-state index contributed by atoms with van der Waals surface area (Å²) in [5.74, 6) is -0.832. The SMILES string of the molecule is CCN(CC(F)(F)F)C(=O)c1ccco1. The van der Waals surface area contributed by atoms with Crippen molar-refractivity contribution in [2.75, 3.05) is 13.1 Å². The van der Waals surface area contributed by atoms with E-state index in [1.165, 1.54) is 25.3 Å². The lowest BCUT2D eigenvalue weighted by atomic mass is 10.3. The van der Waals surface area contributed by atoms with Crippen LogP contribution in [0.3, 0.4) is 0 Å². The zero-order valence-electron chi connectivity index (χ0n) is 8.04. The molecule has 0 aliphatic rings. The fourth-order valence-corrected chi connectivity index (χ4v) is 1.10. The van der Waals surface area contributed by atoms with Gasteiger partial charge in [-0.15, -0.1) is 0 Å². The number of hydrogen-bond donors (Lipinski definition) is 0. The molecule has 84 valence electrons. The lowest BCUT2D eigenvalue weighted by Crippen LogP contribution is -2.38. The number of amides is 1. The third-order valence-corrected chi connectivity index (χ3v) is 1.77. The summed E-state index contributed by atoms with van der Waals surface area (Å²) in [5.41, 5.74) is 0. The fraction of sp³-hybridized carbons (Fsp3) is 0.444. The summed E-state index contributed by atoms with van der Waals surface area (Å²) >= 11 is 0. The predicted octanol–water partition coefficient (Wildman–Crippen LogP) is 2.30. The van der Waals surface area contributed by atoms with Crippen molar-refractivity contribution in [3.05, 3.63) is 24.2 Å². The number of furan rings is 1. The van der Waals surface area contributed by atoms with Gasteiger partial charge < -0.3 is 9.32 Å². The second-order valence-electron chi connectivity index (χ2n) is 2.91. The van der Waals surface area contributed by atoms with E-state index in [4.69, 9.17) is 4.42 Å². The lowest BCUT2D eigenvalue weighted by molar-refractivity contribution is -0.140. The van der Waals surface area contributed by atoms with Crippen LogP contribution in [0.5, 0.6) is 0 Å². The number of alkyl halides is 3. The van der Waals surface area contributed by atoms with Gasteiger partial charge in [-0.1, -0.05) is 0 Å². The summed E-state index contributed by atoms with van der Waals surface area (Å²) in [7, 11) is 0. The maximum absolute atomic E-state index is 12.1. The van der Waals surface area contributed by atoms with E-state index >= 15 is 0 Å². The van der Waals surface area contributed by atoms with Gasteiger partial charge >= 0.3 is 6.18 Å². The number of carbonyl (C=O) groups excluding carboxylic acids is 1. The molecule has 0 saturated carbocycles. The quantitative estimate of drug-likeness (QED) is 0.784. The minimum atomic E-state index is -4.39. The van der Waals surface area contributed by atoms with Crippen molar-refractivity contribution in [2.24, 2.45) is 0 Å². The summed E-state index contributed by atoms with van der Waals surface area (Å²) < 4.78 is 40.9. The molecule has 1 aromatic heterocycles. The Labute approximate surface area is 84.5 Å². The summed E-state index contributed by atoms with van der Waals surface area (Å²) in [6.45, 7) is 0.203. The molecule has 0 aliphatic heterocycles. The molecule has 0 radical (unpaired) electrons. The zero-order chi connectivity index (χ0) is 11.5. The van der Waals surface area contributed by atoms with Crippen molar-refractivity contribution >= 4 is 5.91 Å². The molecule has 1 amide bonds. The summed E-state index contributed by atoms with van der Waals surface area (Å²) in [5, 5.41) is 0. The van der Waals surface area contributed by atoms with E-state index in [1.54, 1.807) is 0 Å². The van der Waals surface area contributed by atoms with Crippen LogP contribution < -0.4 is 0 Å². The first-order valence-corrected chi connectivity index (χ1v) is 4.33. The van der Waals surface area contributed by atoms with Crippen LogP contribution in [0.1, 0.15) is 17.5 Å². The number of rotatable bonds is 3. The first kappa shape index (κ1) is 11.6. The van der Waals surface area contributed by atoms with Crippen molar-refractivity contribution < 1.29 is 22.4 Å². The van der Waals surface area contributed by atoms with Crippen LogP contribution in [0, 0.1) is 0 Å². The normalized spacial score (nSPS) is 11.5. The minimum absolute atomic E-state index is 0.0148. The van der Waals surface area contributed by atoms with Gasteiger partial charge in [-0.25, -0.2) is 0 Å². The average molecular weight is 221 g/mol. The van der Waals surface area contributed by atoms with Crippen molar-refractivity contribution in [2.45, 2.75) is 13.1 Å². The number of carbonyl (C=O) groups is 1. The lowest BCUT2D eigenvalue weighted by Gasteiger charge is -2.20. The molecule has 1 rings (SSSR count). The van der Waals surface area contributed by atoms with E-state index in [9.17, 15) is 18.0 Å². The minimum Gasteiger partial charge on any atom is -0.459 e. The monoisotopic (exact) mass is 221 g/mol. The first-order chi connectivity index (χ1) is 6.94. The van der Waals surface area contributed by atoms with E-state index in [0.29, 0.717) is 4.90 Å². The second-order valence-corrected chi connectivity index (χ2v) is 2.91. The molecular weight excluding hydrogens is 211 g/mol. The molecule has 0 unspecified atom stereocenters. The number of nitrogens with zero attached hydrogens (tertiary/aromatic N) is 1. The third-order valence-electron chi connectivity index (χ3n) is 1.77. The van der Waals surface area contributed by atoms with Crippen LogP contribution in [0.4, 0.5) is 13.2 Å². The molecule has 0 saturated heterocycles. The summed E-state index contributed by atoms with van der Waals surface area (Å²) in [4.78, 5) is 12.1. The van der Waals surface area contributed by atoms with Crippen molar-refractivity contribution in [3.63, 3.8) is 0 Å². The van der Waals surface area contributed by atoms with E-state index in [1.807, 2.05) is 0 Å². The molecule has 0 N–H and O–H groups in total. The van der Waals surface area contributed by atoms with E-state index in [0.717, 1.165) is 0 Å². The second kappa shape index (κ2) is 4.37. The van der Waals surface area contributed by atoms with E-state index in [-0.39, 0.29) is 12.3 Å². The maximum atomic E-state index is 12.1. The molecule has 15 heavy (non-hydrogen) atoms. The van der Waals surface area contributed by atoms with Crippen molar-refractivity contribution in [3.8, 4) is 0 Å². The fourth-order valence-electron chi connectivity index (χ4n) is 1.10. The van der Waals surface area contributed by atoms with Gasteiger partial charge in [0.2, 0.25) is 0 Å². The Morgan fingerprint density at radius 2 is 2.20 bits per heavy atom. The van der Waals surface area contributed by atoms with Gasteiger partial charge in [0, 0.05) is 6.54 Å². The van der Waals surface area contributed by atoms with E-state index in [2.05, 4.69) is 0 Å². The van der Waals surface area contributed by atoms with Gasteiger partial charge in [0.1, 0.15) is 6.54 Å². The Morgan fingerprint density at radius 1 is 1.53 bits per heavy atom. The Morgan fingerprint density at radius 3 is 2.60 bits per heavy atom. The Bertz CT molecular complexity index is 319. The van der Waals surface area contributed by atoms with Crippen LogP contribution in [0.25, 0.3) is 0 Å². The Hall–Kier alpha value is -1.46. The highest BCUT2D eigenvalue weighted by atomic mass is 19.4. The maximum Gasteiger partial charge on any atom is 0.406 e. The van der Waals surface area contributed by atoms with Gasteiger partial charge in [-0.3, -0.25) is 4.79 Å². The van der Waals surface area contributed by atoms with Gasteiger partial charge in [0.15, 0.2) is 5.76 Å². The molecule has 3 nitrogen and oxygen atoms in total. The first-order valence-electron chi connectivity index (χ1n) is 4.33. The molecule has 0 fully saturated rings. The molecule has 0 aromatic carbocycles. The smallest absolute Gasteiger partial charge is 0.406 e. The predicted molar refractivity (Wildman–Crippen MR) is 46.3 cm³/mol. The van der Waals surface area contributed by atoms with Crippen LogP contribution >= 0.6 is 0 Å². The number of hydrogen-bond acceptors (Lipinski definition) is 2. The summed E-state index contributed by atoms with van der Waals surface area (Å²) in [6, 6.07) is 2.79. The zero-order valence-corrected chi connectivity index (χ0v) is 8.04. The molecule has 1 heterocycles. The van der Waals surface area contributed by atoms with Crippen LogP contribution in [0.15, 0.2) is 22.8 Å². The van der Waals surface area contributed by atoms with Gasteiger partial charge in [0.05, 0.1) is 6.26 Å². The number of halogens is 3. The third kappa shape index (κ3) is 3.30. The summed E-state index contributed by atoms with van der Waals surface area (Å²) in [6.07, 6.45) is -3.15. The highest BCUT2D eigenvalue weighted by Crippen LogP contribution is 2.18. The van der Waals surface area contributed by atoms with Crippen LogP contribution in [-0.2, 0) is 0 Å². The van der Waals surface area contributed by atoms with E-state index < -0.39 is 18.6 Å².